The van der Waals surface area contributed by atoms with Gasteiger partial charge in [-0.15, -0.1) is 0 Å². The molecule has 0 saturated heterocycles. The predicted octanol–water partition coefficient (Wildman–Crippen LogP) is 2.37. The second-order valence-corrected chi connectivity index (χ2v) is 4.63. The molecule has 0 fully saturated rings. The van der Waals surface area contributed by atoms with Crippen LogP contribution < -0.4 is 5.43 Å². The van der Waals surface area contributed by atoms with Crippen molar-refractivity contribution in [3.63, 3.8) is 0 Å². The van der Waals surface area contributed by atoms with E-state index in [9.17, 15) is 5.11 Å². The first-order valence-electron chi connectivity index (χ1n) is 6.32. The molecule has 2 aromatic carbocycles. The van der Waals surface area contributed by atoms with E-state index >= 15 is 0 Å². The zero-order valence-corrected chi connectivity index (χ0v) is 10.5. The monoisotopic (exact) mass is 252 g/mol. The number of hydrazine groups is 1. The van der Waals surface area contributed by atoms with Crippen molar-refractivity contribution in [2.45, 2.75) is 12.3 Å². The molecular weight excluding hydrogens is 236 g/mol. The first kappa shape index (κ1) is 12.0. The topological polar surface area (TPSA) is 35.5 Å². The minimum absolute atomic E-state index is 0.624. The third-order valence-electron chi connectivity index (χ3n) is 3.34. The summed E-state index contributed by atoms with van der Waals surface area (Å²) in [6, 6.07) is 19.7. The number of hydrogen-bond donors (Lipinski definition) is 2. The third kappa shape index (κ3) is 2.26. The van der Waals surface area contributed by atoms with Gasteiger partial charge in [0.05, 0.1) is 0 Å². The Bertz CT molecular complexity index is 568. The zero-order chi connectivity index (χ0) is 13.1. The lowest BCUT2D eigenvalue weighted by molar-refractivity contribution is -0.0874. The van der Waals surface area contributed by atoms with E-state index in [4.69, 9.17) is 0 Å². The van der Waals surface area contributed by atoms with Gasteiger partial charge >= 0.3 is 0 Å². The summed E-state index contributed by atoms with van der Waals surface area (Å²) in [5.41, 5.74) is 4.00. The van der Waals surface area contributed by atoms with Crippen molar-refractivity contribution < 1.29 is 5.11 Å². The lowest BCUT2D eigenvalue weighted by Gasteiger charge is -2.33. The highest BCUT2D eigenvalue weighted by atomic mass is 16.3. The van der Waals surface area contributed by atoms with Gasteiger partial charge in [0.2, 0.25) is 0 Å². The minimum atomic E-state index is -1.10. The normalized spacial score (nSPS) is 22.4. The van der Waals surface area contributed by atoms with Gasteiger partial charge in [-0.2, -0.15) is 5.01 Å². The Morgan fingerprint density at radius 1 is 0.947 bits per heavy atom. The van der Waals surface area contributed by atoms with Gasteiger partial charge in [0.25, 0.3) is 0 Å². The van der Waals surface area contributed by atoms with Crippen molar-refractivity contribution in [2.75, 3.05) is 0 Å². The average Bonchev–Trinajstić information content (AvgIpc) is 2.84. The quantitative estimate of drug-likeness (QED) is 0.880. The van der Waals surface area contributed by atoms with E-state index in [1.807, 2.05) is 65.7 Å². The highest BCUT2D eigenvalue weighted by molar-refractivity contribution is 5.29. The number of nitrogens with one attached hydrogen (secondary N) is 1. The molecule has 0 spiro atoms. The Morgan fingerprint density at radius 3 is 2.26 bits per heavy atom. The van der Waals surface area contributed by atoms with Crippen molar-refractivity contribution in [2.24, 2.45) is 0 Å². The fraction of sp³-hybridized carbons (Fsp3) is 0.125. The molecular formula is C16H16N2O. The molecule has 2 N–H and O–H groups in total. The Labute approximate surface area is 112 Å². The molecule has 0 saturated carbocycles. The maximum atomic E-state index is 10.9. The van der Waals surface area contributed by atoms with Gasteiger partial charge in [-0.25, -0.2) is 0 Å². The second-order valence-electron chi connectivity index (χ2n) is 4.63. The fourth-order valence-electron chi connectivity index (χ4n) is 2.30. The van der Waals surface area contributed by atoms with Crippen LogP contribution in [0.3, 0.4) is 0 Å². The largest absolute Gasteiger partial charge is 0.367 e. The van der Waals surface area contributed by atoms with Crippen LogP contribution in [0, 0.1) is 0 Å². The molecule has 3 rings (SSSR count). The van der Waals surface area contributed by atoms with Crippen LogP contribution in [0.2, 0.25) is 0 Å². The summed E-state index contributed by atoms with van der Waals surface area (Å²) in [5.74, 6) is 0. The van der Waals surface area contributed by atoms with Crippen molar-refractivity contribution in [3.05, 3.63) is 84.1 Å². The summed E-state index contributed by atoms with van der Waals surface area (Å²) < 4.78 is 0. The molecule has 1 atom stereocenters. The van der Waals surface area contributed by atoms with E-state index in [1.165, 1.54) is 0 Å². The first-order chi connectivity index (χ1) is 9.29. The Balaban J connectivity index is 1.87. The molecule has 3 heteroatoms. The minimum Gasteiger partial charge on any atom is -0.367 e. The van der Waals surface area contributed by atoms with Gasteiger partial charge < -0.3 is 10.5 Å². The molecule has 1 unspecified atom stereocenters. The smallest absolute Gasteiger partial charge is 0.182 e. The van der Waals surface area contributed by atoms with Crippen LogP contribution in [0.15, 0.2) is 72.9 Å². The molecule has 0 aromatic heterocycles. The van der Waals surface area contributed by atoms with Gasteiger partial charge in [0.15, 0.2) is 5.72 Å². The second kappa shape index (κ2) is 4.88. The molecule has 2 aromatic rings. The summed E-state index contributed by atoms with van der Waals surface area (Å²) in [7, 11) is 0. The van der Waals surface area contributed by atoms with Gasteiger partial charge in [-0.05, 0) is 11.6 Å². The van der Waals surface area contributed by atoms with E-state index < -0.39 is 5.72 Å². The van der Waals surface area contributed by atoms with Crippen molar-refractivity contribution in [1.82, 2.24) is 10.4 Å². The van der Waals surface area contributed by atoms with Crippen LogP contribution in [-0.4, -0.2) is 10.1 Å². The number of aliphatic hydroxyl groups is 1. The number of benzene rings is 2. The average molecular weight is 252 g/mol. The Hall–Kier alpha value is -2.10. The van der Waals surface area contributed by atoms with Crippen molar-refractivity contribution >= 4 is 0 Å². The lowest BCUT2D eigenvalue weighted by Crippen LogP contribution is -2.45. The van der Waals surface area contributed by atoms with Crippen LogP contribution in [0.25, 0.3) is 0 Å². The van der Waals surface area contributed by atoms with E-state index in [0.29, 0.717) is 6.54 Å². The lowest BCUT2D eigenvalue weighted by atomic mass is 10.0. The molecule has 0 amide bonds. The van der Waals surface area contributed by atoms with Crippen LogP contribution >= 0.6 is 0 Å². The summed E-state index contributed by atoms with van der Waals surface area (Å²) in [5, 5.41) is 12.7. The van der Waals surface area contributed by atoms with Crippen LogP contribution in [0.1, 0.15) is 11.1 Å². The summed E-state index contributed by atoms with van der Waals surface area (Å²) in [6.45, 7) is 0.624. The van der Waals surface area contributed by atoms with Crippen molar-refractivity contribution in [1.29, 1.82) is 0 Å². The van der Waals surface area contributed by atoms with Crippen molar-refractivity contribution in [3.8, 4) is 0 Å². The van der Waals surface area contributed by atoms with E-state index in [0.717, 1.165) is 11.1 Å². The SMILES string of the molecule is OC1(c2ccccc2)C=CNN1Cc1ccccc1. The summed E-state index contributed by atoms with van der Waals surface area (Å²) in [6.07, 6.45) is 3.54. The molecule has 19 heavy (non-hydrogen) atoms. The predicted molar refractivity (Wildman–Crippen MR) is 74.6 cm³/mol. The molecule has 0 bridgehead atoms. The van der Waals surface area contributed by atoms with Crippen LogP contribution in [-0.2, 0) is 12.3 Å². The fourth-order valence-corrected chi connectivity index (χ4v) is 2.30. The van der Waals surface area contributed by atoms with Crippen LogP contribution in [0.4, 0.5) is 0 Å². The van der Waals surface area contributed by atoms with E-state index in [1.54, 1.807) is 12.3 Å². The molecule has 3 nitrogen and oxygen atoms in total. The molecule has 1 aliphatic rings. The van der Waals surface area contributed by atoms with Gasteiger partial charge in [0, 0.05) is 18.3 Å². The molecule has 0 radical (unpaired) electrons. The van der Waals surface area contributed by atoms with Crippen LogP contribution in [0.5, 0.6) is 0 Å². The van der Waals surface area contributed by atoms with Gasteiger partial charge in [-0.1, -0.05) is 60.7 Å². The molecule has 1 heterocycles. The van der Waals surface area contributed by atoms with E-state index in [2.05, 4.69) is 5.43 Å². The third-order valence-corrected chi connectivity index (χ3v) is 3.34. The molecule has 0 aliphatic carbocycles. The maximum absolute atomic E-state index is 10.9. The zero-order valence-electron chi connectivity index (χ0n) is 10.5. The number of rotatable bonds is 3. The maximum Gasteiger partial charge on any atom is 0.182 e. The summed E-state index contributed by atoms with van der Waals surface area (Å²) in [4.78, 5) is 0. The Kier molecular flexibility index (Phi) is 3.07. The highest BCUT2D eigenvalue weighted by Gasteiger charge is 2.36. The highest BCUT2D eigenvalue weighted by Crippen LogP contribution is 2.30. The number of nitrogens with zero attached hydrogens (tertiary/aromatic N) is 1. The van der Waals surface area contributed by atoms with E-state index in [-0.39, 0.29) is 0 Å². The molecule has 96 valence electrons. The summed E-state index contributed by atoms with van der Waals surface area (Å²) >= 11 is 0. The Morgan fingerprint density at radius 2 is 1.58 bits per heavy atom. The van der Waals surface area contributed by atoms with Gasteiger partial charge in [0.1, 0.15) is 0 Å². The molecule has 1 aliphatic heterocycles. The van der Waals surface area contributed by atoms with Gasteiger partial charge in [-0.3, -0.25) is 0 Å². The first-order valence-corrected chi connectivity index (χ1v) is 6.32. The standard InChI is InChI=1S/C16H16N2O/c19-16(15-9-5-2-6-10-15)11-12-17-18(16)13-14-7-3-1-4-8-14/h1-12,17,19H,13H2. The number of hydrogen-bond acceptors (Lipinski definition) is 3.